The minimum atomic E-state index is -4.41. The van der Waals surface area contributed by atoms with Crippen LogP contribution in [0.1, 0.15) is 28.2 Å². The fourth-order valence-corrected chi connectivity index (χ4v) is 4.05. The molecule has 2 amide bonds. The molecule has 6 nitrogen and oxygen atoms in total. The predicted octanol–water partition coefficient (Wildman–Crippen LogP) is 5.06. The van der Waals surface area contributed by atoms with Crippen molar-refractivity contribution in [3.8, 4) is 0 Å². The number of alkyl halides is 3. The molecule has 0 spiro atoms. The van der Waals surface area contributed by atoms with Crippen molar-refractivity contribution in [2.45, 2.75) is 26.4 Å². The molecule has 178 valence electrons. The summed E-state index contributed by atoms with van der Waals surface area (Å²) in [7, 11) is 0. The van der Waals surface area contributed by atoms with Crippen LogP contribution in [-0.2, 0) is 12.6 Å². The van der Waals surface area contributed by atoms with Gasteiger partial charge in [-0.25, -0.2) is 14.8 Å². The number of aromatic nitrogens is 2. The smallest absolute Gasteiger partial charge is 0.353 e. The number of halogens is 3. The number of urea groups is 1. The number of rotatable bonds is 4. The molecular formula is C25H26F3N5O. The van der Waals surface area contributed by atoms with Crippen molar-refractivity contribution in [2.75, 3.05) is 36.4 Å². The van der Waals surface area contributed by atoms with Gasteiger partial charge in [0.05, 0.1) is 5.56 Å². The number of nitrogens with one attached hydrogen (secondary N) is 1. The van der Waals surface area contributed by atoms with Crippen LogP contribution >= 0.6 is 0 Å². The van der Waals surface area contributed by atoms with Crippen molar-refractivity contribution in [2.24, 2.45) is 0 Å². The van der Waals surface area contributed by atoms with Crippen molar-refractivity contribution in [1.29, 1.82) is 0 Å². The summed E-state index contributed by atoms with van der Waals surface area (Å²) in [5.41, 5.74) is 2.76. The van der Waals surface area contributed by atoms with Crippen molar-refractivity contribution < 1.29 is 18.0 Å². The number of benzene rings is 2. The Morgan fingerprint density at radius 3 is 2.21 bits per heavy atom. The number of hydrogen-bond donors (Lipinski definition) is 1. The third kappa shape index (κ3) is 5.47. The molecule has 1 aromatic heterocycles. The van der Waals surface area contributed by atoms with E-state index >= 15 is 0 Å². The largest absolute Gasteiger partial charge is 0.416 e. The van der Waals surface area contributed by atoms with E-state index in [0.717, 1.165) is 35.6 Å². The Morgan fingerprint density at radius 2 is 1.59 bits per heavy atom. The molecule has 0 unspecified atom stereocenters. The first-order valence-corrected chi connectivity index (χ1v) is 11.1. The molecule has 0 saturated carbocycles. The Kier molecular flexibility index (Phi) is 6.72. The van der Waals surface area contributed by atoms with Crippen molar-refractivity contribution >= 4 is 17.5 Å². The van der Waals surface area contributed by atoms with E-state index in [2.05, 4.69) is 27.3 Å². The van der Waals surface area contributed by atoms with Crippen molar-refractivity contribution in [1.82, 2.24) is 14.9 Å². The topological polar surface area (TPSA) is 61.4 Å². The van der Waals surface area contributed by atoms with Crippen molar-refractivity contribution in [3.63, 3.8) is 0 Å². The van der Waals surface area contributed by atoms with Gasteiger partial charge in [-0.2, -0.15) is 13.2 Å². The number of aryl methyl sites for hydroxylation is 2. The number of hydrogen-bond acceptors (Lipinski definition) is 4. The molecule has 2 aromatic carbocycles. The van der Waals surface area contributed by atoms with Gasteiger partial charge in [-0.05, 0) is 43.7 Å². The summed E-state index contributed by atoms with van der Waals surface area (Å²) in [5.74, 6) is 1.59. The van der Waals surface area contributed by atoms with E-state index in [1.165, 1.54) is 17.7 Å². The van der Waals surface area contributed by atoms with Crippen LogP contribution in [0.3, 0.4) is 0 Å². The Balaban J connectivity index is 1.42. The lowest BCUT2D eigenvalue weighted by Gasteiger charge is -2.36. The van der Waals surface area contributed by atoms with Crippen LogP contribution in [0, 0.1) is 13.8 Å². The summed E-state index contributed by atoms with van der Waals surface area (Å²) in [5, 5.41) is 2.68. The molecule has 1 aliphatic rings. The molecule has 0 radical (unpaired) electrons. The zero-order chi connectivity index (χ0) is 24.3. The maximum Gasteiger partial charge on any atom is 0.416 e. The quantitative estimate of drug-likeness (QED) is 0.581. The van der Waals surface area contributed by atoms with Crippen LogP contribution in [-0.4, -0.2) is 47.1 Å². The molecular weight excluding hydrogens is 443 g/mol. The molecule has 0 atom stereocenters. The van der Waals surface area contributed by atoms with E-state index in [0.29, 0.717) is 37.7 Å². The Morgan fingerprint density at radius 1 is 0.941 bits per heavy atom. The average Bonchev–Trinajstić information content (AvgIpc) is 2.81. The fourth-order valence-electron chi connectivity index (χ4n) is 4.05. The van der Waals surface area contributed by atoms with Crippen LogP contribution in [0.4, 0.5) is 29.5 Å². The standard InChI is InChI=1S/C25H26F3N5O/c1-17-22(16-19-6-4-3-5-7-19)23(30-18(2)29-17)32-12-14-33(15-13-32)24(34)31-21-10-8-20(9-11-21)25(26,27)28/h3-11H,12-16H2,1-2H3,(H,31,34). The summed E-state index contributed by atoms with van der Waals surface area (Å²) >= 11 is 0. The number of carbonyl (C=O) groups is 1. The first kappa shape index (κ1) is 23.5. The highest BCUT2D eigenvalue weighted by Crippen LogP contribution is 2.30. The van der Waals surface area contributed by atoms with Gasteiger partial charge in [0.15, 0.2) is 0 Å². The summed E-state index contributed by atoms with van der Waals surface area (Å²) in [6.45, 7) is 6.00. The van der Waals surface area contributed by atoms with Crippen molar-refractivity contribution in [3.05, 3.63) is 82.8 Å². The van der Waals surface area contributed by atoms with E-state index in [9.17, 15) is 18.0 Å². The minimum absolute atomic E-state index is 0.327. The van der Waals surface area contributed by atoms with Crippen LogP contribution < -0.4 is 10.2 Å². The molecule has 34 heavy (non-hydrogen) atoms. The van der Waals surface area contributed by atoms with E-state index in [4.69, 9.17) is 4.98 Å². The van der Waals surface area contributed by atoms with E-state index in [1.54, 1.807) is 4.90 Å². The van der Waals surface area contributed by atoms with Gasteiger partial charge < -0.3 is 15.1 Å². The third-order valence-electron chi connectivity index (χ3n) is 5.86. The third-order valence-corrected chi connectivity index (χ3v) is 5.86. The van der Waals surface area contributed by atoms with E-state index in [-0.39, 0.29) is 6.03 Å². The predicted molar refractivity (Wildman–Crippen MR) is 125 cm³/mol. The minimum Gasteiger partial charge on any atom is -0.353 e. The number of carbonyl (C=O) groups excluding carboxylic acids is 1. The van der Waals surface area contributed by atoms with Crippen LogP contribution in [0.5, 0.6) is 0 Å². The molecule has 0 aliphatic carbocycles. The number of piperazine rings is 1. The lowest BCUT2D eigenvalue weighted by molar-refractivity contribution is -0.137. The Hall–Kier alpha value is -3.62. The second-order valence-corrected chi connectivity index (χ2v) is 8.30. The molecule has 3 aromatic rings. The lowest BCUT2D eigenvalue weighted by Crippen LogP contribution is -2.50. The molecule has 0 bridgehead atoms. The molecule has 9 heteroatoms. The van der Waals surface area contributed by atoms with Gasteiger partial charge in [0.25, 0.3) is 0 Å². The zero-order valence-corrected chi connectivity index (χ0v) is 19.1. The van der Waals surface area contributed by atoms with Gasteiger partial charge in [-0.1, -0.05) is 30.3 Å². The van der Waals surface area contributed by atoms with Gasteiger partial charge in [0, 0.05) is 49.5 Å². The van der Waals surface area contributed by atoms with Gasteiger partial charge >= 0.3 is 12.2 Å². The zero-order valence-electron chi connectivity index (χ0n) is 19.1. The SMILES string of the molecule is Cc1nc(C)c(Cc2ccccc2)c(N2CCN(C(=O)Nc3ccc(C(F)(F)F)cc3)CC2)n1. The molecule has 1 saturated heterocycles. The normalized spacial score (nSPS) is 14.3. The van der Waals surface area contributed by atoms with Crippen LogP contribution in [0.15, 0.2) is 54.6 Å². The van der Waals surface area contributed by atoms with Crippen LogP contribution in [0.2, 0.25) is 0 Å². The monoisotopic (exact) mass is 469 g/mol. The first-order chi connectivity index (χ1) is 16.2. The summed E-state index contributed by atoms with van der Waals surface area (Å²) in [6.07, 6.45) is -3.69. The van der Waals surface area contributed by atoms with E-state index in [1.807, 2.05) is 32.0 Å². The molecule has 4 rings (SSSR count). The first-order valence-electron chi connectivity index (χ1n) is 11.1. The molecule has 2 heterocycles. The summed E-state index contributed by atoms with van der Waals surface area (Å²) < 4.78 is 38.2. The number of anilines is 2. The molecule has 1 N–H and O–H groups in total. The molecule has 1 fully saturated rings. The van der Waals surface area contributed by atoms with Gasteiger partial charge in [-0.15, -0.1) is 0 Å². The Bertz CT molecular complexity index is 1140. The average molecular weight is 470 g/mol. The maximum absolute atomic E-state index is 12.7. The summed E-state index contributed by atoms with van der Waals surface area (Å²) in [6, 6.07) is 14.3. The molecule has 1 aliphatic heterocycles. The van der Waals surface area contributed by atoms with Gasteiger partial charge in [0.2, 0.25) is 0 Å². The number of nitrogens with zero attached hydrogens (tertiary/aromatic N) is 4. The second kappa shape index (κ2) is 9.70. The van der Waals surface area contributed by atoms with Crippen LogP contribution in [0.25, 0.3) is 0 Å². The maximum atomic E-state index is 12.7. The highest BCUT2D eigenvalue weighted by Gasteiger charge is 2.30. The second-order valence-electron chi connectivity index (χ2n) is 8.30. The Labute approximate surface area is 196 Å². The van der Waals surface area contributed by atoms with E-state index < -0.39 is 11.7 Å². The lowest BCUT2D eigenvalue weighted by atomic mass is 10.0. The highest BCUT2D eigenvalue weighted by molar-refractivity contribution is 5.89. The number of amides is 2. The fraction of sp³-hybridized carbons (Fsp3) is 0.320. The van der Waals surface area contributed by atoms with Gasteiger partial charge in [0.1, 0.15) is 11.6 Å². The highest BCUT2D eigenvalue weighted by atomic mass is 19.4. The summed E-state index contributed by atoms with van der Waals surface area (Å²) in [4.78, 5) is 25.8. The van der Waals surface area contributed by atoms with Gasteiger partial charge in [-0.3, -0.25) is 0 Å².